The van der Waals surface area contributed by atoms with Crippen molar-refractivity contribution in [3.05, 3.63) is 62.1 Å². The summed E-state index contributed by atoms with van der Waals surface area (Å²) in [5.41, 5.74) is 0.489. The Kier molecular flexibility index (Phi) is 6.18. The van der Waals surface area contributed by atoms with Crippen molar-refractivity contribution in [2.75, 3.05) is 37.7 Å². The van der Waals surface area contributed by atoms with Gasteiger partial charge in [-0.2, -0.15) is 0 Å². The summed E-state index contributed by atoms with van der Waals surface area (Å²) in [5, 5.41) is 11.6. The minimum Gasteiger partial charge on any atom is -0.484 e. The first-order valence-corrected chi connectivity index (χ1v) is 9.46. The van der Waals surface area contributed by atoms with Crippen molar-refractivity contribution in [1.82, 2.24) is 4.90 Å². The summed E-state index contributed by atoms with van der Waals surface area (Å²) in [7, 11) is 0. The van der Waals surface area contributed by atoms with E-state index in [1.807, 2.05) is 17.0 Å². The summed E-state index contributed by atoms with van der Waals surface area (Å²) in [4.78, 5) is 26.8. The van der Waals surface area contributed by atoms with Crippen LogP contribution in [0.25, 0.3) is 0 Å². The second-order valence-electron chi connectivity index (χ2n) is 6.00. The molecule has 27 heavy (non-hydrogen) atoms. The van der Waals surface area contributed by atoms with Crippen LogP contribution in [0, 0.1) is 10.1 Å². The normalized spacial score (nSPS) is 14.1. The molecular formula is C18H17BrClN3O4. The zero-order valence-corrected chi connectivity index (χ0v) is 16.6. The molecular weight excluding hydrogens is 438 g/mol. The Morgan fingerprint density at radius 1 is 1.15 bits per heavy atom. The van der Waals surface area contributed by atoms with E-state index < -0.39 is 4.92 Å². The summed E-state index contributed by atoms with van der Waals surface area (Å²) in [6.45, 7) is 1.92. The zero-order chi connectivity index (χ0) is 19.4. The first kappa shape index (κ1) is 19.4. The van der Waals surface area contributed by atoms with E-state index >= 15 is 0 Å². The molecule has 0 N–H and O–H groups in total. The molecule has 1 fully saturated rings. The SMILES string of the molecule is O=C(COc1ccc(Br)cc1)N1CCN(c2ccc(Cl)cc2[N+](=O)[O-])CC1. The molecule has 1 aliphatic rings. The lowest BCUT2D eigenvalue weighted by molar-refractivity contribution is -0.384. The standard InChI is InChI=1S/C18H17BrClN3O4/c19-13-1-4-15(5-2-13)27-12-18(24)22-9-7-21(8-10-22)16-6-3-14(20)11-17(16)23(25)26/h1-6,11H,7-10,12H2. The third-order valence-electron chi connectivity index (χ3n) is 4.28. The van der Waals surface area contributed by atoms with Crippen LogP contribution in [0.3, 0.4) is 0 Å². The molecule has 0 saturated carbocycles. The third-order valence-corrected chi connectivity index (χ3v) is 5.05. The van der Waals surface area contributed by atoms with E-state index in [1.165, 1.54) is 6.07 Å². The number of nitrogens with zero attached hydrogens (tertiary/aromatic N) is 3. The number of ether oxygens (including phenoxy) is 1. The molecule has 0 bridgehead atoms. The number of carbonyl (C=O) groups excluding carboxylic acids is 1. The van der Waals surface area contributed by atoms with Crippen molar-refractivity contribution < 1.29 is 14.5 Å². The van der Waals surface area contributed by atoms with Crippen LogP contribution in [0.2, 0.25) is 5.02 Å². The predicted octanol–water partition coefficient (Wildman–Crippen LogP) is 3.74. The smallest absolute Gasteiger partial charge is 0.294 e. The second-order valence-corrected chi connectivity index (χ2v) is 7.35. The van der Waals surface area contributed by atoms with Gasteiger partial charge in [0, 0.05) is 41.7 Å². The molecule has 3 rings (SSSR count). The van der Waals surface area contributed by atoms with Gasteiger partial charge in [0.2, 0.25) is 0 Å². The largest absolute Gasteiger partial charge is 0.484 e. The number of hydrogen-bond acceptors (Lipinski definition) is 5. The van der Waals surface area contributed by atoms with Gasteiger partial charge in [-0.15, -0.1) is 0 Å². The molecule has 7 nitrogen and oxygen atoms in total. The Labute approximate surface area is 169 Å². The number of halogens is 2. The van der Waals surface area contributed by atoms with Gasteiger partial charge in [0.05, 0.1) is 4.92 Å². The van der Waals surface area contributed by atoms with Crippen molar-refractivity contribution in [2.45, 2.75) is 0 Å². The molecule has 1 amide bonds. The maximum atomic E-state index is 12.3. The number of anilines is 1. The van der Waals surface area contributed by atoms with Crippen molar-refractivity contribution in [2.24, 2.45) is 0 Å². The zero-order valence-electron chi connectivity index (χ0n) is 14.3. The Balaban J connectivity index is 1.56. The highest BCUT2D eigenvalue weighted by Gasteiger charge is 2.26. The van der Waals surface area contributed by atoms with Gasteiger partial charge in [0.25, 0.3) is 11.6 Å². The van der Waals surface area contributed by atoms with E-state index in [2.05, 4.69) is 15.9 Å². The number of amides is 1. The van der Waals surface area contributed by atoms with E-state index in [1.54, 1.807) is 29.2 Å². The fourth-order valence-electron chi connectivity index (χ4n) is 2.87. The van der Waals surface area contributed by atoms with Crippen LogP contribution < -0.4 is 9.64 Å². The Hall–Kier alpha value is -2.32. The van der Waals surface area contributed by atoms with Crippen molar-refractivity contribution in [1.29, 1.82) is 0 Å². The highest BCUT2D eigenvalue weighted by atomic mass is 79.9. The molecule has 0 radical (unpaired) electrons. The molecule has 1 aliphatic heterocycles. The van der Waals surface area contributed by atoms with Gasteiger partial charge in [0.1, 0.15) is 11.4 Å². The lowest BCUT2D eigenvalue weighted by atomic mass is 10.2. The summed E-state index contributed by atoms with van der Waals surface area (Å²) in [6.07, 6.45) is 0. The van der Waals surface area contributed by atoms with Crippen LogP contribution in [0.15, 0.2) is 46.9 Å². The number of rotatable bonds is 5. The van der Waals surface area contributed by atoms with Crippen molar-refractivity contribution in [3.8, 4) is 5.75 Å². The highest BCUT2D eigenvalue weighted by Crippen LogP contribution is 2.31. The minimum atomic E-state index is -0.440. The molecule has 1 heterocycles. The van der Waals surface area contributed by atoms with E-state index in [-0.39, 0.29) is 18.2 Å². The second kappa shape index (κ2) is 8.58. The quantitative estimate of drug-likeness (QED) is 0.508. The fourth-order valence-corrected chi connectivity index (χ4v) is 3.30. The van der Waals surface area contributed by atoms with Gasteiger partial charge in [-0.25, -0.2) is 0 Å². The molecule has 0 aromatic heterocycles. The van der Waals surface area contributed by atoms with Crippen molar-refractivity contribution in [3.63, 3.8) is 0 Å². The number of carbonyl (C=O) groups is 1. The van der Waals surface area contributed by atoms with Gasteiger partial charge in [-0.1, -0.05) is 27.5 Å². The Morgan fingerprint density at radius 2 is 1.81 bits per heavy atom. The number of piperazine rings is 1. The maximum Gasteiger partial charge on any atom is 0.294 e. The third kappa shape index (κ3) is 4.90. The summed E-state index contributed by atoms with van der Waals surface area (Å²) >= 11 is 9.21. The van der Waals surface area contributed by atoms with Gasteiger partial charge in [-0.3, -0.25) is 14.9 Å². The first-order chi connectivity index (χ1) is 12.9. The molecule has 2 aromatic carbocycles. The number of nitro benzene ring substituents is 1. The summed E-state index contributed by atoms with van der Waals surface area (Å²) in [5.74, 6) is 0.519. The maximum absolute atomic E-state index is 12.3. The minimum absolute atomic E-state index is 0.0270. The summed E-state index contributed by atoms with van der Waals surface area (Å²) in [6, 6.07) is 11.9. The van der Waals surface area contributed by atoms with Crippen LogP contribution >= 0.6 is 27.5 Å². The first-order valence-electron chi connectivity index (χ1n) is 8.29. The molecule has 0 spiro atoms. The molecule has 0 aliphatic carbocycles. The molecule has 2 aromatic rings. The van der Waals surface area contributed by atoms with E-state index in [0.29, 0.717) is 42.6 Å². The van der Waals surface area contributed by atoms with Crippen LogP contribution in [-0.4, -0.2) is 48.5 Å². The highest BCUT2D eigenvalue weighted by molar-refractivity contribution is 9.10. The van der Waals surface area contributed by atoms with Crippen LogP contribution in [0.4, 0.5) is 11.4 Å². The monoisotopic (exact) mass is 453 g/mol. The van der Waals surface area contributed by atoms with Crippen LogP contribution in [0.1, 0.15) is 0 Å². The Morgan fingerprint density at radius 3 is 2.44 bits per heavy atom. The number of nitro groups is 1. The molecule has 142 valence electrons. The topological polar surface area (TPSA) is 75.9 Å². The van der Waals surface area contributed by atoms with Gasteiger partial charge in [0.15, 0.2) is 6.61 Å². The Bertz CT molecular complexity index is 839. The number of benzene rings is 2. The lowest BCUT2D eigenvalue weighted by Crippen LogP contribution is -2.50. The molecule has 9 heteroatoms. The fraction of sp³-hybridized carbons (Fsp3) is 0.278. The molecule has 0 atom stereocenters. The number of hydrogen-bond donors (Lipinski definition) is 0. The van der Waals surface area contributed by atoms with Gasteiger partial charge < -0.3 is 14.5 Å². The average molecular weight is 455 g/mol. The van der Waals surface area contributed by atoms with Gasteiger partial charge >= 0.3 is 0 Å². The molecule has 1 saturated heterocycles. The predicted molar refractivity (Wildman–Crippen MR) is 107 cm³/mol. The van der Waals surface area contributed by atoms with Crippen LogP contribution in [0.5, 0.6) is 5.75 Å². The van der Waals surface area contributed by atoms with E-state index in [0.717, 1.165) is 4.47 Å². The summed E-state index contributed by atoms with van der Waals surface area (Å²) < 4.78 is 6.46. The van der Waals surface area contributed by atoms with E-state index in [4.69, 9.17) is 16.3 Å². The molecule has 0 unspecified atom stereocenters. The average Bonchev–Trinajstić information content (AvgIpc) is 2.67. The lowest BCUT2D eigenvalue weighted by Gasteiger charge is -2.35. The van der Waals surface area contributed by atoms with Crippen molar-refractivity contribution >= 4 is 44.8 Å². The van der Waals surface area contributed by atoms with E-state index in [9.17, 15) is 14.9 Å². The van der Waals surface area contributed by atoms with Gasteiger partial charge in [-0.05, 0) is 36.4 Å². The van der Waals surface area contributed by atoms with Crippen LogP contribution in [-0.2, 0) is 4.79 Å².